The number of halogens is 1. The monoisotopic (exact) mass is 368 g/mol. The molecule has 2 bridgehead atoms. The Morgan fingerprint density at radius 2 is 2.00 bits per heavy atom. The number of hydrogen-bond acceptors (Lipinski definition) is 3. The summed E-state index contributed by atoms with van der Waals surface area (Å²) < 4.78 is 1.07. The standard InChI is InChI=1S/C16H21BrN2OS/c1-11(21-15-6-2-12(17)3-7-15)16(20)19-9-8-13-4-5-14(10-19)18-13/h2-3,6-7,11,13-14,18H,4-5,8-10H2,1H3. The Kier molecular flexibility index (Phi) is 4.92. The highest BCUT2D eigenvalue weighted by atomic mass is 79.9. The number of rotatable bonds is 3. The molecule has 21 heavy (non-hydrogen) atoms. The molecule has 2 fully saturated rings. The molecule has 0 saturated carbocycles. The highest BCUT2D eigenvalue weighted by Gasteiger charge is 2.32. The van der Waals surface area contributed by atoms with Gasteiger partial charge in [-0.3, -0.25) is 4.79 Å². The van der Waals surface area contributed by atoms with Crippen molar-refractivity contribution in [1.82, 2.24) is 10.2 Å². The van der Waals surface area contributed by atoms with Crippen LogP contribution < -0.4 is 5.32 Å². The van der Waals surface area contributed by atoms with Gasteiger partial charge in [0, 0.05) is 34.5 Å². The molecule has 1 amide bonds. The predicted molar refractivity (Wildman–Crippen MR) is 90.6 cm³/mol. The van der Waals surface area contributed by atoms with Crippen molar-refractivity contribution < 1.29 is 4.79 Å². The largest absolute Gasteiger partial charge is 0.340 e. The van der Waals surface area contributed by atoms with Crippen LogP contribution in [0.25, 0.3) is 0 Å². The maximum absolute atomic E-state index is 12.7. The fourth-order valence-corrected chi connectivity index (χ4v) is 4.38. The zero-order valence-corrected chi connectivity index (χ0v) is 14.6. The lowest BCUT2D eigenvalue weighted by Crippen LogP contribution is -2.42. The Morgan fingerprint density at radius 1 is 1.29 bits per heavy atom. The molecule has 5 heteroatoms. The van der Waals surface area contributed by atoms with Gasteiger partial charge in [0.1, 0.15) is 0 Å². The number of carbonyl (C=O) groups is 1. The molecular weight excluding hydrogens is 348 g/mol. The topological polar surface area (TPSA) is 32.3 Å². The van der Waals surface area contributed by atoms with E-state index in [1.807, 2.05) is 19.1 Å². The minimum Gasteiger partial charge on any atom is -0.340 e. The van der Waals surface area contributed by atoms with Crippen LogP contribution in [-0.4, -0.2) is 41.2 Å². The summed E-state index contributed by atoms with van der Waals surface area (Å²) in [4.78, 5) is 15.9. The van der Waals surface area contributed by atoms with Gasteiger partial charge in [0.2, 0.25) is 5.91 Å². The van der Waals surface area contributed by atoms with E-state index >= 15 is 0 Å². The van der Waals surface area contributed by atoms with Gasteiger partial charge in [0.05, 0.1) is 5.25 Å². The average molecular weight is 369 g/mol. The van der Waals surface area contributed by atoms with E-state index in [2.05, 4.69) is 38.3 Å². The lowest BCUT2D eigenvalue weighted by atomic mass is 10.1. The molecule has 3 rings (SSSR count). The van der Waals surface area contributed by atoms with Gasteiger partial charge < -0.3 is 10.2 Å². The first-order valence-electron chi connectivity index (χ1n) is 7.59. The van der Waals surface area contributed by atoms with Gasteiger partial charge in [-0.2, -0.15) is 0 Å². The summed E-state index contributed by atoms with van der Waals surface area (Å²) in [5.41, 5.74) is 0. The molecule has 1 N–H and O–H groups in total. The lowest BCUT2D eigenvalue weighted by molar-refractivity contribution is -0.130. The van der Waals surface area contributed by atoms with Gasteiger partial charge in [0.15, 0.2) is 0 Å². The van der Waals surface area contributed by atoms with Crippen molar-refractivity contribution in [2.45, 2.75) is 48.4 Å². The number of amides is 1. The van der Waals surface area contributed by atoms with Gasteiger partial charge in [-0.25, -0.2) is 0 Å². The van der Waals surface area contributed by atoms with Crippen LogP contribution in [0.2, 0.25) is 0 Å². The van der Waals surface area contributed by atoms with Crippen LogP contribution in [0.4, 0.5) is 0 Å². The van der Waals surface area contributed by atoms with Crippen molar-refractivity contribution in [3.63, 3.8) is 0 Å². The van der Waals surface area contributed by atoms with E-state index in [1.165, 1.54) is 12.8 Å². The van der Waals surface area contributed by atoms with Crippen molar-refractivity contribution in [3.05, 3.63) is 28.7 Å². The molecule has 1 aromatic carbocycles. The predicted octanol–water partition coefficient (Wildman–Crippen LogP) is 3.28. The molecule has 0 spiro atoms. The first kappa shape index (κ1) is 15.4. The smallest absolute Gasteiger partial charge is 0.235 e. The summed E-state index contributed by atoms with van der Waals surface area (Å²) >= 11 is 5.09. The molecular formula is C16H21BrN2OS. The van der Waals surface area contributed by atoms with E-state index in [1.54, 1.807) is 11.8 Å². The number of hydrogen-bond donors (Lipinski definition) is 1. The maximum atomic E-state index is 12.7. The second kappa shape index (κ2) is 6.71. The molecule has 0 radical (unpaired) electrons. The zero-order chi connectivity index (χ0) is 14.8. The lowest BCUT2D eigenvalue weighted by Gasteiger charge is -2.27. The normalized spacial score (nSPS) is 26.5. The van der Waals surface area contributed by atoms with Crippen molar-refractivity contribution in [2.24, 2.45) is 0 Å². The van der Waals surface area contributed by atoms with Gasteiger partial charge >= 0.3 is 0 Å². The number of benzene rings is 1. The van der Waals surface area contributed by atoms with Crippen LogP contribution in [-0.2, 0) is 4.79 Å². The van der Waals surface area contributed by atoms with Crippen LogP contribution >= 0.6 is 27.7 Å². The van der Waals surface area contributed by atoms with E-state index < -0.39 is 0 Å². The molecule has 2 saturated heterocycles. The minimum atomic E-state index is -0.0252. The molecule has 114 valence electrons. The average Bonchev–Trinajstić information content (AvgIpc) is 2.80. The SMILES string of the molecule is CC(Sc1ccc(Br)cc1)C(=O)N1CCC2CCC(C1)N2. The Labute approximate surface area is 139 Å². The molecule has 0 aromatic heterocycles. The summed E-state index contributed by atoms with van der Waals surface area (Å²) in [5, 5.41) is 3.60. The number of fused-ring (bicyclic) bond motifs is 2. The number of nitrogens with one attached hydrogen (secondary N) is 1. The maximum Gasteiger partial charge on any atom is 0.235 e. The summed E-state index contributed by atoms with van der Waals surface area (Å²) in [6, 6.07) is 9.30. The summed E-state index contributed by atoms with van der Waals surface area (Å²) in [6.45, 7) is 3.80. The third-order valence-corrected chi connectivity index (χ3v) is 5.94. The number of likely N-dealkylation sites (tertiary alicyclic amines) is 1. The fourth-order valence-electron chi connectivity index (χ4n) is 3.17. The Balaban J connectivity index is 1.60. The van der Waals surface area contributed by atoms with Gasteiger partial charge in [-0.1, -0.05) is 15.9 Å². The Hall–Kier alpha value is -0.520. The number of thioether (sulfide) groups is 1. The Morgan fingerprint density at radius 3 is 2.76 bits per heavy atom. The van der Waals surface area contributed by atoms with Gasteiger partial charge in [0.25, 0.3) is 0 Å². The summed E-state index contributed by atoms with van der Waals surface area (Å²) in [6.07, 6.45) is 3.58. The van der Waals surface area contributed by atoms with Gasteiger partial charge in [-0.05, 0) is 50.5 Å². The Bertz CT molecular complexity index is 508. The van der Waals surface area contributed by atoms with E-state index in [-0.39, 0.29) is 11.2 Å². The summed E-state index contributed by atoms with van der Waals surface area (Å²) in [7, 11) is 0. The first-order valence-corrected chi connectivity index (χ1v) is 9.26. The quantitative estimate of drug-likeness (QED) is 0.830. The van der Waals surface area contributed by atoms with Crippen molar-refractivity contribution in [1.29, 1.82) is 0 Å². The second-order valence-electron chi connectivity index (χ2n) is 5.92. The van der Waals surface area contributed by atoms with Crippen LogP contribution in [0.5, 0.6) is 0 Å². The molecule has 2 aliphatic heterocycles. The minimum absolute atomic E-state index is 0.0252. The zero-order valence-electron chi connectivity index (χ0n) is 12.2. The van der Waals surface area contributed by atoms with Gasteiger partial charge in [-0.15, -0.1) is 11.8 Å². The molecule has 1 aromatic rings. The van der Waals surface area contributed by atoms with E-state index in [0.717, 1.165) is 28.9 Å². The van der Waals surface area contributed by atoms with Crippen LogP contribution in [0, 0.1) is 0 Å². The number of nitrogens with zero attached hydrogens (tertiary/aromatic N) is 1. The van der Waals surface area contributed by atoms with E-state index in [9.17, 15) is 4.79 Å². The molecule has 3 unspecified atom stereocenters. The highest BCUT2D eigenvalue weighted by molar-refractivity contribution is 9.10. The molecule has 0 aliphatic carbocycles. The third-order valence-electron chi connectivity index (χ3n) is 4.31. The highest BCUT2D eigenvalue weighted by Crippen LogP contribution is 2.27. The first-order chi connectivity index (χ1) is 10.1. The third kappa shape index (κ3) is 3.82. The molecule has 2 aliphatic rings. The van der Waals surface area contributed by atoms with Crippen molar-refractivity contribution >= 4 is 33.6 Å². The van der Waals surface area contributed by atoms with Crippen LogP contribution in [0.15, 0.2) is 33.6 Å². The van der Waals surface area contributed by atoms with E-state index in [0.29, 0.717) is 12.1 Å². The molecule has 2 heterocycles. The molecule has 3 nitrogen and oxygen atoms in total. The summed E-state index contributed by atoms with van der Waals surface area (Å²) in [5.74, 6) is 0.275. The molecule has 3 atom stereocenters. The van der Waals surface area contributed by atoms with Crippen molar-refractivity contribution in [3.8, 4) is 0 Å². The van der Waals surface area contributed by atoms with Crippen LogP contribution in [0.1, 0.15) is 26.2 Å². The number of carbonyl (C=O) groups excluding carboxylic acids is 1. The van der Waals surface area contributed by atoms with E-state index in [4.69, 9.17) is 0 Å². The van der Waals surface area contributed by atoms with Crippen molar-refractivity contribution in [2.75, 3.05) is 13.1 Å². The van der Waals surface area contributed by atoms with Crippen LogP contribution in [0.3, 0.4) is 0 Å². The second-order valence-corrected chi connectivity index (χ2v) is 8.25. The fraction of sp³-hybridized carbons (Fsp3) is 0.562.